The van der Waals surface area contributed by atoms with E-state index in [0.29, 0.717) is 0 Å². The van der Waals surface area contributed by atoms with Crippen LogP contribution in [0.1, 0.15) is 19.4 Å². The lowest BCUT2D eigenvalue weighted by Gasteiger charge is -2.31. The third kappa shape index (κ3) is 3.93. The predicted octanol–water partition coefficient (Wildman–Crippen LogP) is 3.21. The van der Waals surface area contributed by atoms with Gasteiger partial charge in [-0.25, -0.2) is 0 Å². The van der Waals surface area contributed by atoms with E-state index in [1.165, 1.54) is 18.2 Å². The number of hydrogen-bond donors (Lipinski definition) is 2. The fourth-order valence-electron chi connectivity index (χ4n) is 1.79. The van der Waals surface area contributed by atoms with Gasteiger partial charge in [-0.05, 0) is 26.0 Å². The van der Waals surface area contributed by atoms with Gasteiger partial charge >= 0.3 is 6.18 Å². The molecule has 1 aromatic carbocycles. The maximum absolute atomic E-state index is 12.7. The van der Waals surface area contributed by atoms with Gasteiger partial charge in [-0.15, -0.1) is 0 Å². The Morgan fingerprint density at radius 1 is 1.45 bits per heavy atom. The Bertz CT molecular complexity index is 503. The average molecular weight is 310 g/mol. The highest BCUT2D eigenvalue weighted by atomic mass is 35.5. The van der Waals surface area contributed by atoms with E-state index in [0.717, 1.165) is 4.90 Å². The second-order valence-electron chi connectivity index (χ2n) is 4.46. The fourth-order valence-corrected chi connectivity index (χ4v) is 2.06. The lowest BCUT2D eigenvalue weighted by molar-refractivity contribution is -0.120. The smallest absolute Gasteiger partial charge is 0.405 e. The SMILES string of the molecule is CC(C)N(CC(F)(F)F)c1cccc(Cl)c1C(N)=NO. The number of halogens is 4. The van der Waals surface area contributed by atoms with Gasteiger partial charge in [-0.2, -0.15) is 13.2 Å². The minimum Gasteiger partial charge on any atom is -0.409 e. The van der Waals surface area contributed by atoms with Crippen LogP contribution in [0, 0.1) is 0 Å². The first-order chi connectivity index (χ1) is 9.17. The first-order valence-corrected chi connectivity index (χ1v) is 6.15. The number of hydrogen-bond acceptors (Lipinski definition) is 3. The average Bonchev–Trinajstić information content (AvgIpc) is 2.33. The maximum Gasteiger partial charge on any atom is 0.405 e. The zero-order valence-corrected chi connectivity index (χ0v) is 11.7. The first kappa shape index (κ1) is 16.4. The highest BCUT2D eigenvalue weighted by Crippen LogP contribution is 2.31. The molecule has 0 spiro atoms. The molecule has 0 heterocycles. The van der Waals surface area contributed by atoms with E-state index < -0.39 is 18.8 Å². The van der Waals surface area contributed by atoms with Crippen LogP contribution >= 0.6 is 11.6 Å². The van der Waals surface area contributed by atoms with Gasteiger partial charge in [0, 0.05) is 11.7 Å². The largest absolute Gasteiger partial charge is 0.409 e. The Hall–Kier alpha value is -1.63. The van der Waals surface area contributed by atoms with E-state index in [9.17, 15) is 13.2 Å². The van der Waals surface area contributed by atoms with Crippen LogP contribution in [-0.2, 0) is 0 Å². The molecule has 3 N–H and O–H groups in total. The first-order valence-electron chi connectivity index (χ1n) is 5.77. The Morgan fingerprint density at radius 2 is 2.05 bits per heavy atom. The van der Waals surface area contributed by atoms with E-state index >= 15 is 0 Å². The molecule has 0 atom stereocenters. The molecule has 0 radical (unpaired) electrons. The molecule has 0 amide bonds. The molecule has 0 aromatic heterocycles. The molecule has 0 bridgehead atoms. The zero-order valence-electron chi connectivity index (χ0n) is 10.9. The minimum absolute atomic E-state index is 0.0783. The van der Waals surface area contributed by atoms with Crippen molar-refractivity contribution in [1.29, 1.82) is 0 Å². The van der Waals surface area contributed by atoms with Crippen LogP contribution in [0.2, 0.25) is 5.02 Å². The Kier molecular flexibility index (Phi) is 5.10. The number of nitrogens with two attached hydrogens (primary N) is 1. The molecule has 0 aliphatic heterocycles. The Morgan fingerprint density at radius 3 is 2.50 bits per heavy atom. The second-order valence-corrected chi connectivity index (χ2v) is 4.86. The molecule has 1 rings (SSSR count). The summed E-state index contributed by atoms with van der Waals surface area (Å²) in [4.78, 5) is 1.10. The van der Waals surface area contributed by atoms with Crippen LogP contribution in [-0.4, -0.2) is 29.8 Å². The number of nitrogens with zero attached hydrogens (tertiary/aromatic N) is 2. The third-order valence-electron chi connectivity index (χ3n) is 2.64. The summed E-state index contributed by atoms with van der Waals surface area (Å²) in [6, 6.07) is 3.98. The molecule has 0 fully saturated rings. The third-order valence-corrected chi connectivity index (χ3v) is 2.95. The van der Waals surface area contributed by atoms with Gasteiger partial charge < -0.3 is 15.8 Å². The number of rotatable bonds is 4. The summed E-state index contributed by atoms with van der Waals surface area (Å²) in [5, 5.41) is 11.7. The summed E-state index contributed by atoms with van der Waals surface area (Å²) in [5.41, 5.74) is 5.75. The summed E-state index contributed by atoms with van der Waals surface area (Å²) >= 11 is 5.94. The van der Waals surface area contributed by atoms with Crippen molar-refractivity contribution in [2.45, 2.75) is 26.1 Å². The topological polar surface area (TPSA) is 61.8 Å². The predicted molar refractivity (Wildman–Crippen MR) is 72.5 cm³/mol. The molecule has 4 nitrogen and oxygen atoms in total. The summed E-state index contributed by atoms with van der Waals surface area (Å²) < 4.78 is 38.0. The minimum atomic E-state index is -4.38. The van der Waals surface area contributed by atoms with Crippen molar-refractivity contribution >= 4 is 23.1 Å². The van der Waals surface area contributed by atoms with Crippen LogP contribution in [0.3, 0.4) is 0 Å². The zero-order chi connectivity index (χ0) is 15.5. The van der Waals surface area contributed by atoms with Crippen LogP contribution in [0.15, 0.2) is 23.4 Å². The van der Waals surface area contributed by atoms with Gasteiger partial charge in [0.25, 0.3) is 0 Å². The van der Waals surface area contributed by atoms with E-state index in [1.807, 2.05) is 0 Å². The van der Waals surface area contributed by atoms with Crippen LogP contribution < -0.4 is 10.6 Å². The Balaban J connectivity index is 3.38. The van der Waals surface area contributed by atoms with E-state index in [-0.39, 0.29) is 22.1 Å². The highest BCUT2D eigenvalue weighted by molar-refractivity contribution is 6.34. The van der Waals surface area contributed by atoms with Crippen molar-refractivity contribution in [3.8, 4) is 0 Å². The summed E-state index contributed by atoms with van der Waals surface area (Å²) in [7, 11) is 0. The van der Waals surface area contributed by atoms with Gasteiger partial charge in [0.1, 0.15) is 6.54 Å². The normalized spacial score (nSPS) is 12.8. The molecule has 112 valence electrons. The number of amidine groups is 1. The van der Waals surface area contributed by atoms with Gasteiger partial charge in [-0.3, -0.25) is 0 Å². The van der Waals surface area contributed by atoms with Crippen molar-refractivity contribution in [1.82, 2.24) is 0 Å². The molecule has 8 heteroatoms. The monoisotopic (exact) mass is 309 g/mol. The van der Waals surface area contributed by atoms with Crippen molar-refractivity contribution < 1.29 is 18.4 Å². The van der Waals surface area contributed by atoms with Crippen LogP contribution in [0.4, 0.5) is 18.9 Å². The number of alkyl halides is 3. The molecular weight excluding hydrogens is 295 g/mol. The van der Waals surface area contributed by atoms with E-state index in [1.54, 1.807) is 13.8 Å². The molecule has 0 saturated carbocycles. The molecule has 0 unspecified atom stereocenters. The molecular formula is C12H15ClF3N3O. The number of oxime groups is 1. The number of benzene rings is 1. The summed E-state index contributed by atoms with van der Waals surface area (Å²) in [6.07, 6.45) is -4.38. The molecule has 0 aliphatic rings. The van der Waals surface area contributed by atoms with Crippen molar-refractivity contribution in [3.05, 3.63) is 28.8 Å². The van der Waals surface area contributed by atoms with Gasteiger partial charge in [0.2, 0.25) is 0 Å². The molecule has 20 heavy (non-hydrogen) atoms. The van der Waals surface area contributed by atoms with Gasteiger partial charge in [0.15, 0.2) is 5.84 Å². The van der Waals surface area contributed by atoms with Gasteiger partial charge in [0.05, 0.1) is 10.6 Å². The lowest BCUT2D eigenvalue weighted by Crippen LogP contribution is -2.40. The van der Waals surface area contributed by atoms with E-state index in [2.05, 4.69) is 5.16 Å². The van der Waals surface area contributed by atoms with Crippen molar-refractivity contribution in [2.75, 3.05) is 11.4 Å². The van der Waals surface area contributed by atoms with Crippen LogP contribution in [0.25, 0.3) is 0 Å². The Labute approximate surface area is 119 Å². The van der Waals surface area contributed by atoms with Crippen molar-refractivity contribution in [3.63, 3.8) is 0 Å². The molecule has 0 aliphatic carbocycles. The number of anilines is 1. The van der Waals surface area contributed by atoms with Gasteiger partial charge in [-0.1, -0.05) is 22.8 Å². The van der Waals surface area contributed by atoms with E-state index in [4.69, 9.17) is 22.5 Å². The lowest BCUT2D eigenvalue weighted by atomic mass is 10.1. The standard InChI is InChI=1S/C12H15ClF3N3O/c1-7(2)19(6-12(14,15)16)9-5-3-4-8(13)10(9)11(17)18-20/h3-5,7,20H,6H2,1-2H3,(H2,17,18). The van der Waals surface area contributed by atoms with Crippen LogP contribution in [0.5, 0.6) is 0 Å². The molecule has 1 aromatic rings. The second kappa shape index (κ2) is 6.21. The van der Waals surface area contributed by atoms with Crippen molar-refractivity contribution in [2.24, 2.45) is 10.9 Å². The maximum atomic E-state index is 12.7. The molecule has 0 saturated heterocycles. The fraction of sp³-hybridized carbons (Fsp3) is 0.417. The highest BCUT2D eigenvalue weighted by Gasteiger charge is 2.33. The summed E-state index contributed by atoms with van der Waals surface area (Å²) in [6.45, 7) is 2.07. The quantitative estimate of drug-likeness (QED) is 0.388. The summed E-state index contributed by atoms with van der Waals surface area (Å²) in [5.74, 6) is -0.335.